The van der Waals surface area contributed by atoms with Crippen molar-refractivity contribution in [2.75, 3.05) is 24.6 Å². The SMILES string of the molecule is CCSCCC(=O)N1CCC(c2nnc(Cn3cncn3)n2C)CC1. The number of thioether (sulfide) groups is 1. The number of hydrogen-bond donors (Lipinski definition) is 0. The van der Waals surface area contributed by atoms with Gasteiger partial charge in [-0.2, -0.15) is 16.9 Å². The number of amides is 1. The molecule has 2 aromatic rings. The van der Waals surface area contributed by atoms with Gasteiger partial charge >= 0.3 is 0 Å². The standard InChI is InChI=1S/C16H25N7OS/c1-3-25-9-6-15(24)22-7-4-13(5-8-22)16-20-19-14(21(16)2)10-23-12-17-11-18-23/h11-13H,3-10H2,1-2H3. The molecule has 8 nitrogen and oxygen atoms in total. The van der Waals surface area contributed by atoms with Crippen molar-refractivity contribution in [3.8, 4) is 0 Å². The normalized spacial score (nSPS) is 15.7. The van der Waals surface area contributed by atoms with Crippen molar-refractivity contribution >= 4 is 17.7 Å². The summed E-state index contributed by atoms with van der Waals surface area (Å²) in [5, 5.41) is 12.8. The van der Waals surface area contributed by atoms with E-state index in [-0.39, 0.29) is 5.91 Å². The zero-order valence-corrected chi connectivity index (χ0v) is 15.7. The summed E-state index contributed by atoms with van der Waals surface area (Å²) in [6.45, 7) is 4.31. The Morgan fingerprint density at radius 3 is 2.80 bits per heavy atom. The highest BCUT2D eigenvalue weighted by molar-refractivity contribution is 7.99. The van der Waals surface area contributed by atoms with Crippen LogP contribution >= 0.6 is 11.8 Å². The van der Waals surface area contributed by atoms with Gasteiger partial charge in [0.2, 0.25) is 5.91 Å². The fourth-order valence-corrected chi connectivity index (χ4v) is 3.78. The van der Waals surface area contributed by atoms with Crippen molar-refractivity contribution < 1.29 is 4.79 Å². The van der Waals surface area contributed by atoms with Gasteiger partial charge in [0.25, 0.3) is 0 Å². The maximum Gasteiger partial charge on any atom is 0.223 e. The van der Waals surface area contributed by atoms with Crippen molar-refractivity contribution in [3.63, 3.8) is 0 Å². The van der Waals surface area contributed by atoms with E-state index in [1.807, 2.05) is 23.7 Å². The number of carbonyl (C=O) groups excluding carboxylic acids is 1. The largest absolute Gasteiger partial charge is 0.343 e. The van der Waals surface area contributed by atoms with Crippen LogP contribution in [0.4, 0.5) is 0 Å². The Hall–Kier alpha value is -1.90. The Morgan fingerprint density at radius 1 is 1.32 bits per heavy atom. The van der Waals surface area contributed by atoms with E-state index in [1.54, 1.807) is 11.0 Å². The summed E-state index contributed by atoms with van der Waals surface area (Å²) in [6, 6.07) is 0. The predicted octanol–water partition coefficient (Wildman–Crippen LogP) is 1.30. The summed E-state index contributed by atoms with van der Waals surface area (Å²) in [4.78, 5) is 18.2. The summed E-state index contributed by atoms with van der Waals surface area (Å²) < 4.78 is 3.80. The summed E-state index contributed by atoms with van der Waals surface area (Å²) >= 11 is 1.82. The predicted molar refractivity (Wildman–Crippen MR) is 96.3 cm³/mol. The molecule has 0 radical (unpaired) electrons. The van der Waals surface area contributed by atoms with Gasteiger partial charge in [0.05, 0.1) is 0 Å². The lowest BCUT2D eigenvalue weighted by Gasteiger charge is -2.31. The molecule has 0 aliphatic carbocycles. The van der Waals surface area contributed by atoms with Crippen molar-refractivity contribution in [1.82, 2.24) is 34.4 Å². The zero-order valence-electron chi connectivity index (χ0n) is 14.8. The molecule has 1 fully saturated rings. The van der Waals surface area contributed by atoms with E-state index >= 15 is 0 Å². The maximum absolute atomic E-state index is 12.2. The van der Waals surface area contributed by atoms with Crippen molar-refractivity contribution in [2.24, 2.45) is 7.05 Å². The van der Waals surface area contributed by atoms with E-state index in [2.05, 4.69) is 31.8 Å². The third-order valence-corrected chi connectivity index (χ3v) is 5.55. The summed E-state index contributed by atoms with van der Waals surface area (Å²) in [5.74, 6) is 4.50. The molecule has 2 aromatic heterocycles. The van der Waals surface area contributed by atoms with E-state index in [0.717, 1.165) is 49.1 Å². The van der Waals surface area contributed by atoms with Crippen LogP contribution in [0, 0.1) is 0 Å². The number of likely N-dealkylation sites (tertiary alicyclic amines) is 1. The second-order valence-electron chi connectivity index (χ2n) is 6.23. The second-order valence-corrected chi connectivity index (χ2v) is 7.62. The van der Waals surface area contributed by atoms with Crippen LogP contribution in [0.3, 0.4) is 0 Å². The van der Waals surface area contributed by atoms with E-state index < -0.39 is 0 Å². The Balaban J connectivity index is 1.54. The molecule has 136 valence electrons. The molecule has 0 unspecified atom stereocenters. The molecule has 0 saturated carbocycles. The monoisotopic (exact) mass is 363 g/mol. The molecule has 25 heavy (non-hydrogen) atoms. The van der Waals surface area contributed by atoms with Crippen LogP contribution in [-0.4, -0.2) is 64.9 Å². The average Bonchev–Trinajstić information content (AvgIpc) is 3.26. The van der Waals surface area contributed by atoms with E-state index in [9.17, 15) is 4.79 Å². The highest BCUT2D eigenvalue weighted by Crippen LogP contribution is 2.27. The minimum atomic E-state index is 0.282. The van der Waals surface area contributed by atoms with Gasteiger partial charge in [-0.05, 0) is 18.6 Å². The maximum atomic E-state index is 12.2. The lowest BCUT2D eigenvalue weighted by atomic mass is 9.95. The number of carbonyl (C=O) groups is 1. The number of rotatable bonds is 7. The molecule has 1 aliphatic rings. The Kier molecular flexibility index (Phi) is 6.06. The van der Waals surface area contributed by atoms with Crippen LogP contribution in [0.15, 0.2) is 12.7 Å². The Morgan fingerprint density at radius 2 is 2.12 bits per heavy atom. The first-order chi connectivity index (χ1) is 12.2. The molecule has 1 saturated heterocycles. The molecular weight excluding hydrogens is 338 g/mol. The first-order valence-electron chi connectivity index (χ1n) is 8.75. The average molecular weight is 363 g/mol. The lowest BCUT2D eigenvalue weighted by Crippen LogP contribution is -2.38. The fraction of sp³-hybridized carbons (Fsp3) is 0.688. The molecule has 0 bridgehead atoms. The molecule has 1 aliphatic heterocycles. The van der Waals surface area contributed by atoms with Crippen LogP contribution in [0.1, 0.15) is 43.8 Å². The fourth-order valence-electron chi connectivity index (χ4n) is 3.18. The van der Waals surface area contributed by atoms with Crippen LogP contribution in [0.2, 0.25) is 0 Å². The molecular formula is C16H25N7OS. The Bertz CT molecular complexity index is 677. The first kappa shape index (κ1) is 17.9. The second kappa shape index (κ2) is 8.46. The van der Waals surface area contributed by atoms with Crippen LogP contribution in [-0.2, 0) is 18.4 Å². The van der Waals surface area contributed by atoms with Gasteiger partial charge in [-0.25, -0.2) is 9.67 Å². The summed E-state index contributed by atoms with van der Waals surface area (Å²) in [6.07, 6.45) is 5.73. The van der Waals surface area contributed by atoms with Gasteiger partial charge in [0, 0.05) is 38.2 Å². The first-order valence-corrected chi connectivity index (χ1v) is 9.90. The number of hydrogen-bond acceptors (Lipinski definition) is 6. The van der Waals surface area contributed by atoms with E-state index in [0.29, 0.717) is 18.9 Å². The van der Waals surface area contributed by atoms with E-state index in [4.69, 9.17) is 0 Å². The van der Waals surface area contributed by atoms with Crippen LogP contribution in [0.25, 0.3) is 0 Å². The van der Waals surface area contributed by atoms with Crippen LogP contribution < -0.4 is 0 Å². The van der Waals surface area contributed by atoms with Gasteiger partial charge < -0.3 is 9.47 Å². The van der Waals surface area contributed by atoms with Crippen LogP contribution in [0.5, 0.6) is 0 Å². The minimum Gasteiger partial charge on any atom is -0.343 e. The Labute approximate surface area is 152 Å². The van der Waals surface area contributed by atoms with Gasteiger partial charge in [0.1, 0.15) is 25.0 Å². The summed E-state index contributed by atoms with van der Waals surface area (Å²) in [7, 11) is 2.00. The van der Waals surface area contributed by atoms with Gasteiger partial charge in [-0.15, -0.1) is 10.2 Å². The van der Waals surface area contributed by atoms with Gasteiger partial charge in [0.15, 0.2) is 5.82 Å². The number of nitrogens with zero attached hydrogens (tertiary/aromatic N) is 7. The molecule has 3 heterocycles. The number of aromatic nitrogens is 6. The molecule has 0 N–H and O–H groups in total. The third kappa shape index (κ3) is 4.39. The molecule has 9 heteroatoms. The van der Waals surface area contributed by atoms with Crippen molar-refractivity contribution in [2.45, 2.75) is 38.6 Å². The van der Waals surface area contributed by atoms with E-state index in [1.165, 1.54) is 6.33 Å². The highest BCUT2D eigenvalue weighted by atomic mass is 32.2. The topological polar surface area (TPSA) is 81.7 Å². The zero-order chi connectivity index (χ0) is 17.6. The lowest BCUT2D eigenvalue weighted by molar-refractivity contribution is -0.131. The summed E-state index contributed by atoms with van der Waals surface area (Å²) in [5.41, 5.74) is 0. The quantitative estimate of drug-likeness (QED) is 0.690. The molecule has 0 aromatic carbocycles. The van der Waals surface area contributed by atoms with Gasteiger partial charge in [-0.3, -0.25) is 4.79 Å². The molecule has 1 amide bonds. The third-order valence-electron chi connectivity index (χ3n) is 4.65. The van der Waals surface area contributed by atoms with Crippen molar-refractivity contribution in [1.29, 1.82) is 0 Å². The van der Waals surface area contributed by atoms with Crippen molar-refractivity contribution in [3.05, 3.63) is 24.3 Å². The molecule has 0 atom stereocenters. The minimum absolute atomic E-state index is 0.282. The molecule has 0 spiro atoms. The molecule has 3 rings (SSSR count). The van der Waals surface area contributed by atoms with Gasteiger partial charge in [-0.1, -0.05) is 6.92 Å². The highest BCUT2D eigenvalue weighted by Gasteiger charge is 2.27. The number of piperidine rings is 1. The smallest absolute Gasteiger partial charge is 0.223 e.